The number of carbonyl (C=O) groups excluding carboxylic acids is 2. The van der Waals surface area contributed by atoms with Crippen LogP contribution in [0.1, 0.15) is 75.5 Å². The molecule has 1 fully saturated rings. The lowest BCUT2D eigenvalue weighted by molar-refractivity contribution is -0.140. The normalized spacial score (nSPS) is 15.0. The molecule has 1 saturated carbocycles. The SMILES string of the molecule is CC(C)c1ccc(CCC(=O)N(Cc2ccc(Cl)cc2)[C@@H](C)C(=O)NC2CCCC2)cc1. The van der Waals surface area contributed by atoms with Gasteiger partial charge >= 0.3 is 0 Å². The summed E-state index contributed by atoms with van der Waals surface area (Å²) in [7, 11) is 0. The van der Waals surface area contributed by atoms with Crippen molar-refractivity contribution < 1.29 is 9.59 Å². The van der Waals surface area contributed by atoms with Gasteiger partial charge in [0.2, 0.25) is 11.8 Å². The maximum Gasteiger partial charge on any atom is 0.242 e. The second-order valence-corrected chi connectivity index (χ2v) is 9.65. The highest BCUT2D eigenvalue weighted by atomic mass is 35.5. The van der Waals surface area contributed by atoms with Gasteiger partial charge in [0, 0.05) is 24.0 Å². The van der Waals surface area contributed by atoms with Crippen LogP contribution >= 0.6 is 11.6 Å². The topological polar surface area (TPSA) is 49.4 Å². The van der Waals surface area contributed by atoms with Gasteiger partial charge in [-0.3, -0.25) is 9.59 Å². The average Bonchev–Trinajstić information content (AvgIpc) is 3.30. The van der Waals surface area contributed by atoms with Gasteiger partial charge in [-0.05, 0) is 60.9 Å². The first-order valence-corrected chi connectivity index (χ1v) is 12.1. The van der Waals surface area contributed by atoms with E-state index in [-0.39, 0.29) is 17.9 Å². The summed E-state index contributed by atoms with van der Waals surface area (Å²) in [5.74, 6) is 0.405. The van der Waals surface area contributed by atoms with E-state index in [2.05, 4.69) is 43.4 Å². The molecule has 1 aliphatic carbocycles. The first-order chi connectivity index (χ1) is 15.3. The van der Waals surface area contributed by atoms with E-state index in [1.54, 1.807) is 4.90 Å². The van der Waals surface area contributed by atoms with E-state index in [0.29, 0.717) is 30.3 Å². The van der Waals surface area contributed by atoms with Crippen molar-refractivity contribution in [1.29, 1.82) is 0 Å². The summed E-state index contributed by atoms with van der Waals surface area (Å²) in [5, 5.41) is 3.80. The van der Waals surface area contributed by atoms with Gasteiger partial charge in [0.25, 0.3) is 0 Å². The van der Waals surface area contributed by atoms with Gasteiger partial charge in [0.1, 0.15) is 6.04 Å². The van der Waals surface area contributed by atoms with E-state index < -0.39 is 6.04 Å². The number of amides is 2. The molecule has 0 saturated heterocycles. The molecule has 172 valence electrons. The molecule has 0 aliphatic heterocycles. The highest BCUT2D eigenvalue weighted by Gasteiger charge is 2.28. The zero-order valence-corrected chi connectivity index (χ0v) is 20.2. The minimum absolute atomic E-state index is 0.0121. The van der Waals surface area contributed by atoms with Crippen molar-refractivity contribution in [2.45, 2.75) is 83.8 Å². The number of benzene rings is 2. The fourth-order valence-electron chi connectivity index (χ4n) is 4.23. The van der Waals surface area contributed by atoms with Crippen LogP contribution in [0.15, 0.2) is 48.5 Å². The minimum atomic E-state index is -0.526. The van der Waals surface area contributed by atoms with Crippen molar-refractivity contribution in [1.82, 2.24) is 10.2 Å². The molecular formula is C27H35ClN2O2. The highest BCUT2D eigenvalue weighted by molar-refractivity contribution is 6.30. The third kappa shape index (κ3) is 6.83. The van der Waals surface area contributed by atoms with Crippen molar-refractivity contribution in [3.05, 3.63) is 70.2 Å². The summed E-state index contributed by atoms with van der Waals surface area (Å²) in [5.41, 5.74) is 3.39. The largest absolute Gasteiger partial charge is 0.352 e. The maximum absolute atomic E-state index is 13.3. The molecule has 1 N–H and O–H groups in total. The van der Waals surface area contributed by atoms with Crippen LogP contribution in [-0.2, 0) is 22.6 Å². The van der Waals surface area contributed by atoms with Gasteiger partial charge in [-0.25, -0.2) is 0 Å². The van der Waals surface area contributed by atoms with Crippen LogP contribution in [0.5, 0.6) is 0 Å². The molecule has 0 bridgehead atoms. The molecule has 1 aliphatic rings. The fraction of sp³-hybridized carbons (Fsp3) is 0.481. The summed E-state index contributed by atoms with van der Waals surface area (Å²) >= 11 is 6.02. The summed E-state index contributed by atoms with van der Waals surface area (Å²) in [6, 6.07) is 15.6. The summed E-state index contributed by atoms with van der Waals surface area (Å²) in [6.45, 7) is 6.56. The van der Waals surface area contributed by atoms with E-state index in [1.165, 1.54) is 5.56 Å². The standard InChI is InChI=1S/C27H35ClN2O2/c1-19(2)23-13-8-21(9-14-23)12-17-26(31)30(18-22-10-15-24(28)16-11-22)20(3)27(32)29-25-6-4-5-7-25/h8-11,13-16,19-20,25H,4-7,12,17-18H2,1-3H3,(H,29,32)/t20-/m0/s1. The van der Waals surface area contributed by atoms with Crippen molar-refractivity contribution in [3.8, 4) is 0 Å². The zero-order valence-electron chi connectivity index (χ0n) is 19.4. The van der Waals surface area contributed by atoms with E-state index in [9.17, 15) is 9.59 Å². The van der Waals surface area contributed by atoms with Gasteiger partial charge in [-0.2, -0.15) is 0 Å². The average molecular weight is 455 g/mol. The first kappa shape index (κ1) is 24.3. The third-order valence-corrected chi connectivity index (χ3v) is 6.66. The van der Waals surface area contributed by atoms with Gasteiger partial charge < -0.3 is 10.2 Å². The van der Waals surface area contributed by atoms with Gasteiger partial charge in [-0.1, -0.05) is 74.7 Å². The molecule has 0 heterocycles. The fourth-order valence-corrected chi connectivity index (χ4v) is 4.35. The Kier molecular flexibility index (Phi) is 8.75. The van der Waals surface area contributed by atoms with Crippen molar-refractivity contribution in [2.24, 2.45) is 0 Å². The number of aryl methyl sites for hydroxylation is 1. The Morgan fingerprint density at radius 3 is 2.16 bits per heavy atom. The molecular weight excluding hydrogens is 420 g/mol. The molecule has 3 rings (SSSR count). The number of halogens is 1. The molecule has 2 aromatic rings. The second kappa shape index (κ2) is 11.5. The number of nitrogens with one attached hydrogen (secondary N) is 1. The predicted octanol–water partition coefficient (Wildman–Crippen LogP) is 5.87. The van der Waals surface area contributed by atoms with Crippen molar-refractivity contribution in [2.75, 3.05) is 0 Å². The predicted molar refractivity (Wildman–Crippen MR) is 131 cm³/mol. The number of nitrogens with zero attached hydrogens (tertiary/aromatic N) is 1. The van der Waals surface area contributed by atoms with Crippen LogP contribution in [0.2, 0.25) is 5.02 Å². The lowest BCUT2D eigenvalue weighted by Gasteiger charge is -2.30. The zero-order chi connectivity index (χ0) is 23.1. The number of hydrogen-bond acceptors (Lipinski definition) is 2. The molecule has 0 unspecified atom stereocenters. The van der Waals surface area contributed by atoms with Gasteiger partial charge in [-0.15, -0.1) is 0 Å². The Balaban J connectivity index is 1.68. The molecule has 5 heteroatoms. The van der Waals surface area contributed by atoms with Crippen LogP contribution in [0.3, 0.4) is 0 Å². The lowest BCUT2D eigenvalue weighted by Crippen LogP contribution is -2.49. The van der Waals surface area contributed by atoms with Gasteiger partial charge in [0.15, 0.2) is 0 Å². The van der Waals surface area contributed by atoms with Gasteiger partial charge in [0.05, 0.1) is 0 Å². The number of carbonyl (C=O) groups is 2. The first-order valence-electron chi connectivity index (χ1n) is 11.8. The lowest BCUT2D eigenvalue weighted by atomic mass is 10.00. The second-order valence-electron chi connectivity index (χ2n) is 9.21. The molecule has 4 nitrogen and oxygen atoms in total. The van der Waals surface area contributed by atoms with E-state index in [1.807, 2.05) is 31.2 Å². The summed E-state index contributed by atoms with van der Waals surface area (Å²) in [4.78, 5) is 27.9. The third-order valence-electron chi connectivity index (χ3n) is 6.41. The van der Waals surface area contributed by atoms with Crippen molar-refractivity contribution in [3.63, 3.8) is 0 Å². The van der Waals surface area contributed by atoms with E-state index in [0.717, 1.165) is 36.8 Å². The molecule has 2 aromatic carbocycles. The van der Waals surface area contributed by atoms with Crippen LogP contribution in [0.4, 0.5) is 0 Å². The Hall–Kier alpha value is -2.33. The summed E-state index contributed by atoms with van der Waals surface area (Å²) in [6.07, 6.45) is 5.39. The Bertz CT molecular complexity index is 887. The molecule has 0 radical (unpaired) electrons. The maximum atomic E-state index is 13.3. The van der Waals surface area contributed by atoms with Crippen LogP contribution in [-0.4, -0.2) is 28.8 Å². The van der Waals surface area contributed by atoms with Crippen LogP contribution in [0, 0.1) is 0 Å². The summed E-state index contributed by atoms with van der Waals surface area (Å²) < 4.78 is 0. The van der Waals surface area contributed by atoms with Crippen LogP contribution in [0.25, 0.3) is 0 Å². The highest BCUT2D eigenvalue weighted by Crippen LogP contribution is 2.20. The smallest absolute Gasteiger partial charge is 0.242 e. The molecule has 0 aromatic heterocycles. The molecule has 2 amide bonds. The van der Waals surface area contributed by atoms with E-state index >= 15 is 0 Å². The molecule has 0 spiro atoms. The van der Waals surface area contributed by atoms with E-state index in [4.69, 9.17) is 11.6 Å². The quantitative estimate of drug-likeness (QED) is 0.514. The molecule has 32 heavy (non-hydrogen) atoms. The van der Waals surface area contributed by atoms with Crippen LogP contribution < -0.4 is 5.32 Å². The number of rotatable bonds is 9. The Morgan fingerprint density at radius 2 is 1.56 bits per heavy atom. The Labute approximate surface area is 197 Å². The van der Waals surface area contributed by atoms with Crippen molar-refractivity contribution >= 4 is 23.4 Å². The monoisotopic (exact) mass is 454 g/mol. The minimum Gasteiger partial charge on any atom is -0.352 e. The molecule has 1 atom stereocenters. The number of hydrogen-bond donors (Lipinski definition) is 1. The Morgan fingerprint density at radius 1 is 0.969 bits per heavy atom.